The number of halogens is 2. The van der Waals surface area contributed by atoms with Crippen molar-refractivity contribution in [2.75, 3.05) is 18.4 Å². The second kappa shape index (κ2) is 8.82. The summed E-state index contributed by atoms with van der Waals surface area (Å²) in [7, 11) is 0. The van der Waals surface area contributed by atoms with Crippen molar-refractivity contribution in [3.05, 3.63) is 41.3 Å². The van der Waals surface area contributed by atoms with E-state index in [1.54, 1.807) is 11.3 Å². The van der Waals surface area contributed by atoms with E-state index < -0.39 is 0 Å². The summed E-state index contributed by atoms with van der Waals surface area (Å²) < 4.78 is 1.04. The van der Waals surface area contributed by atoms with E-state index in [1.165, 1.54) is 11.3 Å². The number of hydrogen-bond acceptors (Lipinski definition) is 6. The van der Waals surface area contributed by atoms with Gasteiger partial charge in [0.15, 0.2) is 5.13 Å². The number of nitrogens with one attached hydrogen (secondary N) is 3. The van der Waals surface area contributed by atoms with Gasteiger partial charge >= 0.3 is 0 Å². The van der Waals surface area contributed by atoms with Gasteiger partial charge in [-0.15, -0.1) is 36.2 Å². The molecule has 3 N–H and O–H groups in total. The zero-order valence-corrected chi connectivity index (χ0v) is 16.4. The fourth-order valence-electron chi connectivity index (χ4n) is 2.58. The molecule has 25 heavy (non-hydrogen) atoms. The number of carbonyl (C=O) groups is 1. The van der Waals surface area contributed by atoms with Crippen molar-refractivity contribution in [1.29, 1.82) is 0 Å². The van der Waals surface area contributed by atoms with Crippen molar-refractivity contribution >= 4 is 73.7 Å². The summed E-state index contributed by atoms with van der Waals surface area (Å²) in [5.41, 5.74) is 1.01. The molecular weight excluding hydrogens is 399 g/mol. The lowest BCUT2D eigenvalue weighted by Gasteiger charge is -2.09. The molecule has 1 aliphatic heterocycles. The van der Waals surface area contributed by atoms with Crippen LogP contribution in [0.5, 0.6) is 0 Å². The fraction of sp³-hybridized carbons (Fsp3) is 0.250. The van der Waals surface area contributed by atoms with Gasteiger partial charge < -0.3 is 16.0 Å². The second-order valence-corrected chi connectivity index (χ2v) is 7.51. The largest absolute Gasteiger partial charge is 0.347 e. The molecule has 134 valence electrons. The Hall–Kier alpha value is -1.38. The molecule has 3 heterocycles. The van der Waals surface area contributed by atoms with Crippen LogP contribution < -0.4 is 16.0 Å². The molecule has 1 fully saturated rings. The predicted molar refractivity (Wildman–Crippen MR) is 110 cm³/mol. The van der Waals surface area contributed by atoms with Crippen LogP contribution in [0.2, 0.25) is 0 Å². The van der Waals surface area contributed by atoms with Crippen LogP contribution in [0.4, 0.5) is 10.8 Å². The molecule has 9 heteroatoms. The second-order valence-electron chi connectivity index (χ2n) is 5.45. The molecule has 1 aliphatic rings. The first-order valence-electron chi connectivity index (χ1n) is 7.52. The molecule has 0 radical (unpaired) electrons. The maximum Gasteiger partial charge on any atom is 0.261 e. The smallest absolute Gasteiger partial charge is 0.261 e. The zero-order chi connectivity index (χ0) is 15.6. The number of thiazole rings is 1. The SMILES string of the molecule is Cl.Cl.O=C(NC1CCNC1)c1cc2sc(Nc3ccccc3)nc2s1. The Bertz CT molecular complexity index is 800. The first-order valence-corrected chi connectivity index (χ1v) is 9.15. The molecule has 3 aromatic rings. The van der Waals surface area contributed by atoms with Crippen molar-refractivity contribution in [3.8, 4) is 0 Å². The first kappa shape index (κ1) is 19.9. The van der Waals surface area contributed by atoms with E-state index in [0.29, 0.717) is 0 Å². The van der Waals surface area contributed by atoms with Crippen molar-refractivity contribution in [2.24, 2.45) is 0 Å². The molecule has 2 aromatic heterocycles. The van der Waals surface area contributed by atoms with Gasteiger partial charge in [0.1, 0.15) is 4.83 Å². The Balaban J connectivity index is 0.00000113. The van der Waals surface area contributed by atoms with E-state index >= 15 is 0 Å². The van der Waals surface area contributed by atoms with Gasteiger partial charge in [0, 0.05) is 18.3 Å². The minimum absolute atomic E-state index is 0. The van der Waals surface area contributed by atoms with Gasteiger partial charge in [0.25, 0.3) is 5.91 Å². The van der Waals surface area contributed by atoms with Crippen LogP contribution in [-0.4, -0.2) is 30.0 Å². The highest BCUT2D eigenvalue weighted by molar-refractivity contribution is 7.29. The van der Waals surface area contributed by atoms with Crippen LogP contribution in [0, 0.1) is 0 Å². The van der Waals surface area contributed by atoms with Gasteiger partial charge in [-0.05, 0) is 31.2 Å². The topological polar surface area (TPSA) is 66.1 Å². The molecule has 0 bridgehead atoms. The average Bonchev–Trinajstić information content (AvgIpc) is 3.24. The van der Waals surface area contributed by atoms with E-state index in [4.69, 9.17) is 0 Å². The van der Waals surface area contributed by atoms with Crippen molar-refractivity contribution < 1.29 is 4.79 Å². The lowest BCUT2D eigenvalue weighted by molar-refractivity contribution is 0.0944. The maximum atomic E-state index is 12.3. The predicted octanol–water partition coefficient (Wildman–Crippen LogP) is 4.04. The zero-order valence-electron chi connectivity index (χ0n) is 13.2. The molecule has 0 spiro atoms. The van der Waals surface area contributed by atoms with E-state index in [9.17, 15) is 4.79 Å². The van der Waals surface area contributed by atoms with Crippen molar-refractivity contribution in [3.63, 3.8) is 0 Å². The van der Waals surface area contributed by atoms with E-state index in [0.717, 1.165) is 44.7 Å². The molecule has 1 atom stereocenters. The number of fused-ring (bicyclic) bond motifs is 1. The monoisotopic (exact) mass is 416 g/mol. The first-order chi connectivity index (χ1) is 11.3. The van der Waals surface area contributed by atoms with Crippen LogP contribution in [-0.2, 0) is 0 Å². The van der Waals surface area contributed by atoms with Crippen molar-refractivity contribution in [1.82, 2.24) is 15.6 Å². The van der Waals surface area contributed by atoms with Crippen LogP contribution in [0.15, 0.2) is 36.4 Å². The number of rotatable bonds is 4. The summed E-state index contributed by atoms with van der Waals surface area (Å²) in [6.45, 7) is 1.83. The Morgan fingerprint density at radius 1 is 1.20 bits per heavy atom. The summed E-state index contributed by atoms with van der Waals surface area (Å²) in [5.74, 6) is 0.00599. The van der Waals surface area contributed by atoms with Gasteiger partial charge in [0.05, 0.1) is 9.58 Å². The highest BCUT2D eigenvalue weighted by Crippen LogP contribution is 2.34. The average molecular weight is 417 g/mol. The van der Waals surface area contributed by atoms with E-state index in [2.05, 4.69) is 20.9 Å². The summed E-state index contributed by atoms with van der Waals surface area (Å²) in [6, 6.07) is 12.1. The minimum atomic E-state index is 0. The third kappa shape index (κ3) is 4.62. The normalized spacial score (nSPS) is 16.1. The number of benzene rings is 1. The Kier molecular flexibility index (Phi) is 7.04. The molecule has 1 unspecified atom stereocenters. The third-order valence-corrected chi connectivity index (χ3v) is 5.81. The third-order valence-electron chi connectivity index (χ3n) is 3.73. The van der Waals surface area contributed by atoms with E-state index in [1.807, 2.05) is 36.4 Å². The van der Waals surface area contributed by atoms with E-state index in [-0.39, 0.29) is 36.8 Å². The maximum absolute atomic E-state index is 12.3. The van der Waals surface area contributed by atoms with Gasteiger partial charge in [-0.2, -0.15) is 0 Å². The quantitative estimate of drug-likeness (QED) is 0.600. The summed E-state index contributed by atoms with van der Waals surface area (Å²) in [6.07, 6.45) is 0.995. The lowest BCUT2D eigenvalue weighted by atomic mass is 10.2. The van der Waals surface area contributed by atoms with Gasteiger partial charge in [0.2, 0.25) is 0 Å². The van der Waals surface area contributed by atoms with Gasteiger partial charge in [-0.3, -0.25) is 4.79 Å². The molecule has 1 aromatic carbocycles. The van der Waals surface area contributed by atoms with Crippen LogP contribution in [0.3, 0.4) is 0 Å². The van der Waals surface area contributed by atoms with Gasteiger partial charge in [-0.25, -0.2) is 4.98 Å². The minimum Gasteiger partial charge on any atom is -0.347 e. The molecular formula is C16H18Cl2N4OS2. The Labute approximate surface area is 166 Å². The standard InChI is InChI=1S/C16H16N4OS2.2ClH/c21-14(18-11-6-7-17-9-11)12-8-13-15(22-12)20-16(23-13)19-10-4-2-1-3-5-10;;/h1-5,8,11,17H,6-7,9H2,(H,18,21)(H,19,20);2*1H. The fourth-order valence-corrected chi connectivity index (χ4v) is 4.62. The molecule has 4 rings (SSSR count). The number of para-hydroxylation sites is 1. The summed E-state index contributed by atoms with van der Waals surface area (Å²) in [4.78, 5) is 18.5. The molecule has 1 amide bonds. The number of carbonyl (C=O) groups excluding carboxylic acids is 1. The number of amides is 1. The number of thiophene rings is 1. The number of nitrogens with zero attached hydrogens (tertiary/aromatic N) is 1. The highest BCUT2D eigenvalue weighted by Gasteiger charge is 2.20. The molecule has 5 nitrogen and oxygen atoms in total. The van der Waals surface area contributed by atoms with Crippen LogP contribution in [0.25, 0.3) is 9.53 Å². The highest BCUT2D eigenvalue weighted by atomic mass is 35.5. The summed E-state index contributed by atoms with van der Waals surface area (Å²) >= 11 is 3.02. The summed E-state index contributed by atoms with van der Waals surface area (Å²) in [5, 5.41) is 10.5. The number of anilines is 2. The van der Waals surface area contributed by atoms with Gasteiger partial charge in [-0.1, -0.05) is 29.5 Å². The molecule has 0 aliphatic carbocycles. The number of hydrogen-bond donors (Lipinski definition) is 3. The molecule has 0 saturated carbocycles. The van der Waals surface area contributed by atoms with Crippen molar-refractivity contribution in [2.45, 2.75) is 12.5 Å². The van der Waals surface area contributed by atoms with Crippen LogP contribution in [0.1, 0.15) is 16.1 Å². The van der Waals surface area contributed by atoms with Crippen LogP contribution >= 0.6 is 47.5 Å². The molecule has 1 saturated heterocycles. The lowest BCUT2D eigenvalue weighted by Crippen LogP contribution is -2.35. The Morgan fingerprint density at radius 3 is 2.68 bits per heavy atom. The number of aromatic nitrogens is 1. The Morgan fingerprint density at radius 2 is 2.00 bits per heavy atom.